The van der Waals surface area contributed by atoms with Crippen LogP contribution in [0.5, 0.6) is 0 Å². The van der Waals surface area contributed by atoms with E-state index in [9.17, 15) is 18.0 Å². The maximum absolute atomic E-state index is 12.3. The molecule has 2 aromatic rings. The highest BCUT2D eigenvalue weighted by molar-refractivity contribution is 7.89. The van der Waals surface area contributed by atoms with E-state index in [-0.39, 0.29) is 18.0 Å². The number of hydrogen-bond acceptors (Lipinski definition) is 5. The average molecular weight is 313 g/mol. The van der Waals surface area contributed by atoms with Crippen molar-refractivity contribution in [3.8, 4) is 0 Å². The molecular weight excluding hydrogens is 298 g/mol. The second-order valence-electron chi connectivity index (χ2n) is 4.35. The van der Waals surface area contributed by atoms with E-state index in [1.165, 1.54) is 25.2 Å². The van der Waals surface area contributed by atoms with Crippen molar-refractivity contribution in [3.63, 3.8) is 0 Å². The van der Waals surface area contributed by atoms with Crippen LogP contribution >= 0.6 is 0 Å². The van der Waals surface area contributed by atoms with Crippen LogP contribution in [0, 0.1) is 0 Å². The van der Waals surface area contributed by atoms with E-state index in [2.05, 4.69) is 9.97 Å². The molecule has 114 valence electrons. The van der Waals surface area contributed by atoms with Crippen LogP contribution in [-0.2, 0) is 19.6 Å². The van der Waals surface area contributed by atoms with Crippen LogP contribution < -0.4 is 5.69 Å². The lowest BCUT2D eigenvalue weighted by Crippen LogP contribution is -2.33. The molecule has 0 bridgehead atoms. The predicted octanol–water partition coefficient (Wildman–Crippen LogP) is 0.0398. The molecule has 0 aliphatic carbocycles. The van der Waals surface area contributed by atoms with Gasteiger partial charge in [0.05, 0.1) is 22.5 Å². The quantitative estimate of drug-likeness (QED) is 0.757. The van der Waals surface area contributed by atoms with Crippen LogP contribution in [0.15, 0.2) is 27.9 Å². The Kier molecular flexibility index (Phi) is 4.14. The zero-order valence-electron chi connectivity index (χ0n) is 11.5. The monoisotopic (exact) mass is 313 g/mol. The first-order valence-electron chi connectivity index (χ1n) is 6.18. The predicted molar refractivity (Wildman–Crippen MR) is 75.4 cm³/mol. The number of nitrogens with zero attached hydrogens (tertiary/aromatic N) is 1. The molecular formula is C12H15N3O5S. The molecule has 1 heterocycles. The molecule has 1 aromatic carbocycles. The fourth-order valence-corrected chi connectivity index (χ4v) is 2.97. The highest BCUT2D eigenvalue weighted by Gasteiger charge is 2.24. The number of carbonyl (C=O) groups excluding carboxylic acids is 1. The molecule has 0 unspecified atom stereocenters. The minimum atomic E-state index is -3.84. The number of nitrogens with one attached hydrogen (secondary N) is 2. The van der Waals surface area contributed by atoms with E-state index in [0.717, 1.165) is 4.31 Å². The molecule has 0 saturated heterocycles. The van der Waals surface area contributed by atoms with Crippen molar-refractivity contribution < 1.29 is 17.9 Å². The van der Waals surface area contributed by atoms with E-state index in [1.807, 2.05) is 0 Å². The summed E-state index contributed by atoms with van der Waals surface area (Å²) in [7, 11) is -2.55. The number of imidazole rings is 1. The highest BCUT2D eigenvalue weighted by Crippen LogP contribution is 2.18. The van der Waals surface area contributed by atoms with Gasteiger partial charge in [0.15, 0.2) is 0 Å². The summed E-state index contributed by atoms with van der Waals surface area (Å²) >= 11 is 0. The van der Waals surface area contributed by atoms with E-state index in [0.29, 0.717) is 11.0 Å². The van der Waals surface area contributed by atoms with Crippen molar-refractivity contribution in [2.75, 3.05) is 20.2 Å². The third-order valence-corrected chi connectivity index (χ3v) is 4.65. The lowest BCUT2D eigenvalue weighted by molar-refractivity contribution is -0.143. The number of sulfonamides is 1. The first kappa shape index (κ1) is 15.3. The Morgan fingerprint density at radius 1 is 1.29 bits per heavy atom. The molecule has 2 N–H and O–H groups in total. The molecule has 9 heteroatoms. The lowest BCUT2D eigenvalue weighted by atomic mass is 10.3. The molecule has 0 aliphatic heterocycles. The van der Waals surface area contributed by atoms with Crippen LogP contribution in [-0.4, -0.2) is 48.9 Å². The fraction of sp³-hybridized carbons (Fsp3) is 0.333. The third-order valence-electron chi connectivity index (χ3n) is 2.85. The van der Waals surface area contributed by atoms with Gasteiger partial charge in [-0.05, 0) is 25.1 Å². The second-order valence-corrected chi connectivity index (χ2v) is 6.40. The van der Waals surface area contributed by atoms with Crippen LogP contribution in [0.2, 0.25) is 0 Å². The van der Waals surface area contributed by atoms with Crippen molar-refractivity contribution in [2.24, 2.45) is 0 Å². The number of carbonyl (C=O) groups is 1. The number of rotatable bonds is 5. The number of benzene rings is 1. The van der Waals surface area contributed by atoms with Gasteiger partial charge in [0, 0.05) is 7.05 Å². The second kappa shape index (κ2) is 5.70. The van der Waals surface area contributed by atoms with Crippen molar-refractivity contribution in [1.29, 1.82) is 0 Å². The van der Waals surface area contributed by atoms with Crippen molar-refractivity contribution in [2.45, 2.75) is 11.8 Å². The van der Waals surface area contributed by atoms with Gasteiger partial charge in [-0.3, -0.25) is 4.79 Å². The van der Waals surface area contributed by atoms with Crippen LogP contribution in [0.3, 0.4) is 0 Å². The summed E-state index contributed by atoms with van der Waals surface area (Å²) in [4.78, 5) is 27.5. The van der Waals surface area contributed by atoms with Crippen molar-refractivity contribution >= 4 is 27.0 Å². The summed E-state index contributed by atoms with van der Waals surface area (Å²) in [5.74, 6) is -0.625. The largest absolute Gasteiger partial charge is 0.465 e. The summed E-state index contributed by atoms with van der Waals surface area (Å²) in [6.07, 6.45) is 0. The standard InChI is InChI=1S/C12H15N3O5S/c1-3-20-11(16)7-15(2)21(18,19)8-4-5-9-10(6-8)14-12(17)13-9/h4-6H,3,7H2,1-2H3,(H2,13,14,17). The van der Waals surface area contributed by atoms with Crippen LogP contribution in [0.25, 0.3) is 11.0 Å². The summed E-state index contributed by atoms with van der Waals surface area (Å²) in [5, 5.41) is 0. The maximum Gasteiger partial charge on any atom is 0.323 e. The summed E-state index contributed by atoms with van der Waals surface area (Å²) in [6.45, 7) is 1.45. The highest BCUT2D eigenvalue weighted by atomic mass is 32.2. The molecule has 0 radical (unpaired) electrons. The Morgan fingerprint density at radius 2 is 1.95 bits per heavy atom. The fourth-order valence-electron chi connectivity index (χ4n) is 1.83. The number of fused-ring (bicyclic) bond motifs is 1. The minimum Gasteiger partial charge on any atom is -0.465 e. The molecule has 0 fully saturated rings. The van der Waals surface area contributed by atoms with Gasteiger partial charge in [0.25, 0.3) is 0 Å². The third kappa shape index (κ3) is 3.14. The Hall–Kier alpha value is -2.13. The topological polar surface area (TPSA) is 112 Å². The Morgan fingerprint density at radius 3 is 2.62 bits per heavy atom. The molecule has 21 heavy (non-hydrogen) atoms. The first-order valence-corrected chi connectivity index (χ1v) is 7.62. The number of likely N-dealkylation sites (N-methyl/N-ethyl adjacent to an activating group) is 1. The Bertz CT molecular complexity index is 821. The van der Waals surface area contributed by atoms with E-state index < -0.39 is 21.7 Å². The first-order chi connectivity index (χ1) is 9.84. The maximum atomic E-state index is 12.3. The van der Waals surface area contributed by atoms with Crippen LogP contribution in [0.4, 0.5) is 0 Å². The molecule has 1 aromatic heterocycles. The van der Waals surface area contributed by atoms with E-state index in [1.54, 1.807) is 6.92 Å². The van der Waals surface area contributed by atoms with Gasteiger partial charge < -0.3 is 14.7 Å². The van der Waals surface area contributed by atoms with Gasteiger partial charge in [-0.1, -0.05) is 0 Å². The minimum absolute atomic E-state index is 0.0166. The average Bonchev–Trinajstić information content (AvgIpc) is 2.77. The SMILES string of the molecule is CCOC(=O)CN(C)S(=O)(=O)c1ccc2[nH]c(=O)[nH]c2c1. The zero-order valence-corrected chi connectivity index (χ0v) is 12.4. The summed E-state index contributed by atoms with van der Waals surface area (Å²) in [5.41, 5.74) is 0.469. The lowest BCUT2D eigenvalue weighted by Gasteiger charge is -2.16. The number of ether oxygens (including phenoxy) is 1. The molecule has 8 nitrogen and oxygen atoms in total. The van der Waals surface area contributed by atoms with Crippen LogP contribution in [0.1, 0.15) is 6.92 Å². The summed E-state index contributed by atoms with van der Waals surface area (Å²) in [6, 6.07) is 4.19. The van der Waals surface area contributed by atoms with Gasteiger partial charge in [0.1, 0.15) is 6.54 Å². The summed E-state index contributed by atoms with van der Waals surface area (Å²) < 4.78 is 30.3. The Balaban J connectivity index is 2.32. The number of esters is 1. The number of H-pyrrole nitrogens is 2. The molecule has 0 saturated carbocycles. The number of hydrogen-bond donors (Lipinski definition) is 2. The van der Waals surface area contributed by atoms with Crippen molar-refractivity contribution in [3.05, 3.63) is 28.7 Å². The number of aromatic amines is 2. The normalized spacial score (nSPS) is 12.0. The molecule has 2 rings (SSSR count). The molecule has 0 amide bonds. The smallest absolute Gasteiger partial charge is 0.323 e. The Labute approximate surface area is 120 Å². The van der Waals surface area contributed by atoms with E-state index >= 15 is 0 Å². The number of aromatic nitrogens is 2. The molecule has 0 spiro atoms. The van der Waals surface area contributed by atoms with Gasteiger partial charge >= 0.3 is 11.7 Å². The van der Waals surface area contributed by atoms with Gasteiger partial charge in [-0.2, -0.15) is 4.31 Å². The van der Waals surface area contributed by atoms with Gasteiger partial charge in [-0.25, -0.2) is 13.2 Å². The molecule has 0 aliphatic rings. The van der Waals surface area contributed by atoms with E-state index in [4.69, 9.17) is 4.74 Å². The van der Waals surface area contributed by atoms with Gasteiger partial charge in [0.2, 0.25) is 10.0 Å². The van der Waals surface area contributed by atoms with Crippen molar-refractivity contribution in [1.82, 2.24) is 14.3 Å². The molecule has 0 atom stereocenters. The zero-order chi connectivity index (χ0) is 15.6. The van der Waals surface area contributed by atoms with Gasteiger partial charge in [-0.15, -0.1) is 0 Å².